The van der Waals surface area contributed by atoms with Crippen molar-refractivity contribution in [2.24, 2.45) is 0 Å². The van der Waals surface area contributed by atoms with E-state index >= 15 is 0 Å². The second kappa shape index (κ2) is 4.69. The van der Waals surface area contributed by atoms with Crippen LogP contribution in [0.15, 0.2) is 0 Å². The minimum atomic E-state index is -0.257. The first-order valence-corrected chi connectivity index (χ1v) is 4.54. The Hall–Kier alpha value is -0.130. The average Bonchev–Trinajstić information content (AvgIpc) is 2.06. The molecule has 0 aromatic carbocycles. The Kier molecular flexibility index (Phi) is 3.82. The van der Waals surface area contributed by atoms with Gasteiger partial charge in [0.15, 0.2) is 0 Å². The average molecular weight is 224 g/mol. The van der Waals surface area contributed by atoms with Gasteiger partial charge >= 0.3 is 5.97 Å². The molecule has 0 aromatic rings. The van der Waals surface area contributed by atoms with Gasteiger partial charge in [0.05, 0.1) is 26.3 Å². The molecule has 1 aliphatic heterocycles. The van der Waals surface area contributed by atoms with E-state index in [1.54, 1.807) is 5.06 Å². The summed E-state index contributed by atoms with van der Waals surface area (Å²) in [4.78, 5) is 15.6. The zero-order valence-corrected chi connectivity index (χ0v) is 7.67. The van der Waals surface area contributed by atoms with E-state index < -0.39 is 0 Å². The molecule has 11 heavy (non-hydrogen) atoms. The number of ether oxygens (including phenoxy) is 1. The van der Waals surface area contributed by atoms with Gasteiger partial charge in [-0.2, -0.15) is 0 Å². The summed E-state index contributed by atoms with van der Waals surface area (Å²) in [6.45, 7) is 2.60. The summed E-state index contributed by atoms with van der Waals surface area (Å²) in [5, 5.41) is 1.86. The van der Waals surface area contributed by atoms with Crippen LogP contribution in [0.4, 0.5) is 0 Å². The molecule has 4 nitrogen and oxygen atoms in total. The number of morpholine rings is 1. The Bertz CT molecular complexity index is 136. The summed E-state index contributed by atoms with van der Waals surface area (Å²) in [6, 6.07) is 0. The molecule has 0 bridgehead atoms. The summed E-state index contributed by atoms with van der Waals surface area (Å²) in [5.74, 6) is -0.257. The summed E-state index contributed by atoms with van der Waals surface area (Å²) in [6.07, 6.45) is 0. The molecular weight excluding hydrogens is 214 g/mol. The maximum atomic E-state index is 10.7. The fourth-order valence-corrected chi connectivity index (χ4v) is 0.909. The van der Waals surface area contributed by atoms with Crippen LogP contribution in [0, 0.1) is 0 Å². The molecule has 0 unspecified atom stereocenters. The lowest BCUT2D eigenvalue weighted by Gasteiger charge is -2.24. The topological polar surface area (TPSA) is 38.8 Å². The molecule has 0 saturated carbocycles. The van der Waals surface area contributed by atoms with Crippen molar-refractivity contribution >= 4 is 21.9 Å². The van der Waals surface area contributed by atoms with Gasteiger partial charge in [-0.15, -0.1) is 5.06 Å². The fourth-order valence-electron chi connectivity index (χ4n) is 0.806. The van der Waals surface area contributed by atoms with Gasteiger partial charge in [-0.3, -0.25) is 0 Å². The zero-order valence-electron chi connectivity index (χ0n) is 6.09. The molecule has 0 aromatic heterocycles. The van der Waals surface area contributed by atoms with Gasteiger partial charge in [0, 0.05) is 0 Å². The molecule has 1 saturated heterocycles. The predicted octanol–water partition coefficient (Wildman–Crippen LogP) is 0.172. The highest BCUT2D eigenvalue weighted by Gasteiger charge is 2.13. The summed E-state index contributed by atoms with van der Waals surface area (Å²) in [5.41, 5.74) is 0. The predicted molar refractivity (Wildman–Crippen MR) is 42.3 cm³/mol. The molecule has 0 N–H and O–H groups in total. The van der Waals surface area contributed by atoms with Gasteiger partial charge in [-0.1, -0.05) is 15.9 Å². The largest absolute Gasteiger partial charge is 0.379 e. The standard InChI is InChI=1S/C6H10BrNO3/c7-5-6(9)11-8-1-3-10-4-2-8/h1-5H2. The van der Waals surface area contributed by atoms with Gasteiger partial charge in [0.1, 0.15) is 5.33 Å². The van der Waals surface area contributed by atoms with Gasteiger partial charge in [0.25, 0.3) is 0 Å². The molecule has 5 heteroatoms. The molecule has 1 fully saturated rings. The monoisotopic (exact) mass is 223 g/mol. The maximum absolute atomic E-state index is 10.7. The number of carbonyl (C=O) groups is 1. The van der Waals surface area contributed by atoms with Crippen molar-refractivity contribution in [3.05, 3.63) is 0 Å². The smallest absolute Gasteiger partial charge is 0.335 e. The molecule has 0 radical (unpaired) electrons. The fraction of sp³-hybridized carbons (Fsp3) is 0.833. The van der Waals surface area contributed by atoms with Crippen molar-refractivity contribution in [3.8, 4) is 0 Å². The van der Waals surface area contributed by atoms with E-state index in [4.69, 9.17) is 9.57 Å². The summed E-state index contributed by atoms with van der Waals surface area (Å²) in [7, 11) is 0. The molecule has 0 amide bonds. The summed E-state index contributed by atoms with van der Waals surface area (Å²) < 4.78 is 5.07. The van der Waals surface area contributed by atoms with Crippen LogP contribution in [0.25, 0.3) is 0 Å². The van der Waals surface area contributed by atoms with Crippen molar-refractivity contribution in [1.29, 1.82) is 0 Å². The molecule has 0 aliphatic carbocycles. The van der Waals surface area contributed by atoms with Gasteiger partial charge in [-0.25, -0.2) is 4.79 Å². The number of rotatable bonds is 2. The number of alkyl halides is 1. The first-order valence-electron chi connectivity index (χ1n) is 3.42. The van der Waals surface area contributed by atoms with Crippen LogP contribution in [0.2, 0.25) is 0 Å². The third kappa shape index (κ3) is 3.18. The normalized spacial score (nSPS) is 19.7. The van der Waals surface area contributed by atoms with Crippen LogP contribution in [0.1, 0.15) is 0 Å². The van der Waals surface area contributed by atoms with Crippen molar-refractivity contribution in [2.75, 3.05) is 31.6 Å². The van der Waals surface area contributed by atoms with Crippen molar-refractivity contribution in [3.63, 3.8) is 0 Å². The Labute approximate surface area is 73.5 Å². The molecule has 1 aliphatic rings. The molecule has 1 rings (SSSR count). The zero-order chi connectivity index (χ0) is 8.10. The molecule has 0 spiro atoms. The number of hydrogen-bond donors (Lipinski definition) is 0. The molecule has 64 valence electrons. The number of halogens is 1. The lowest BCUT2D eigenvalue weighted by molar-refractivity contribution is -0.202. The third-order valence-electron chi connectivity index (χ3n) is 1.31. The van der Waals surface area contributed by atoms with E-state index in [1.165, 1.54) is 0 Å². The van der Waals surface area contributed by atoms with Crippen molar-refractivity contribution in [2.45, 2.75) is 0 Å². The Morgan fingerprint density at radius 2 is 2.18 bits per heavy atom. The van der Waals surface area contributed by atoms with Crippen LogP contribution in [0.3, 0.4) is 0 Å². The van der Waals surface area contributed by atoms with Crippen molar-refractivity contribution in [1.82, 2.24) is 5.06 Å². The van der Waals surface area contributed by atoms with E-state index in [0.717, 1.165) is 0 Å². The SMILES string of the molecule is O=C(CBr)ON1CCOCC1. The lowest BCUT2D eigenvalue weighted by atomic mass is 10.5. The maximum Gasteiger partial charge on any atom is 0.335 e. The van der Waals surface area contributed by atoms with Gasteiger partial charge in [0.2, 0.25) is 0 Å². The Balaban J connectivity index is 2.19. The molecular formula is C6H10BrNO3. The Morgan fingerprint density at radius 3 is 2.73 bits per heavy atom. The number of nitrogens with zero attached hydrogens (tertiary/aromatic N) is 1. The van der Waals surface area contributed by atoms with E-state index in [2.05, 4.69) is 15.9 Å². The van der Waals surface area contributed by atoms with Crippen LogP contribution in [0.5, 0.6) is 0 Å². The van der Waals surface area contributed by atoms with Crippen molar-refractivity contribution < 1.29 is 14.4 Å². The molecule has 1 heterocycles. The number of hydroxylamine groups is 2. The highest BCUT2D eigenvalue weighted by molar-refractivity contribution is 9.09. The second-order valence-corrected chi connectivity index (χ2v) is 2.70. The van der Waals surface area contributed by atoms with Gasteiger partial charge in [-0.05, 0) is 0 Å². The Morgan fingerprint density at radius 1 is 1.55 bits per heavy atom. The molecule has 0 atom stereocenters. The minimum Gasteiger partial charge on any atom is -0.379 e. The quantitative estimate of drug-likeness (QED) is 0.627. The number of hydrogen-bond acceptors (Lipinski definition) is 4. The van der Waals surface area contributed by atoms with Gasteiger partial charge < -0.3 is 9.57 Å². The first kappa shape index (κ1) is 8.96. The van der Waals surface area contributed by atoms with Crippen LogP contribution in [-0.2, 0) is 14.4 Å². The highest BCUT2D eigenvalue weighted by Crippen LogP contribution is 1.98. The first-order chi connectivity index (χ1) is 5.33. The number of carbonyl (C=O) groups excluding carboxylic acids is 1. The van der Waals surface area contributed by atoms with E-state index in [1.807, 2.05) is 0 Å². The van der Waals surface area contributed by atoms with Crippen LogP contribution in [-0.4, -0.2) is 42.7 Å². The third-order valence-corrected chi connectivity index (χ3v) is 1.77. The van der Waals surface area contributed by atoms with E-state index in [0.29, 0.717) is 26.3 Å². The van der Waals surface area contributed by atoms with Crippen LogP contribution >= 0.6 is 15.9 Å². The van der Waals surface area contributed by atoms with Crippen LogP contribution < -0.4 is 0 Å². The lowest BCUT2D eigenvalue weighted by Crippen LogP contribution is -2.38. The summed E-state index contributed by atoms with van der Waals surface area (Å²) >= 11 is 3.01. The van der Waals surface area contributed by atoms with E-state index in [9.17, 15) is 4.79 Å². The highest BCUT2D eigenvalue weighted by atomic mass is 79.9. The second-order valence-electron chi connectivity index (χ2n) is 2.14. The minimum absolute atomic E-state index is 0.240. The van der Waals surface area contributed by atoms with E-state index in [-0.39, 0.29) is 11.3 Å².